The van der Waals surface area contributed by atoms with Gasteiger partial charge in [-0.2, -0.15) is 5.10 Å². The van der Waals surface area contributed by atoms with Crippen molar-refractivity contribution in [2.75, 3.05) is 0 Å². The van der Waals surface area contributed by atoms with Crippen LogP contribution in [0.3, 0.4) is 0 Å². The molecule has 2 aromatic heterocycles. The fourth-order valence-electron chi connectivity index (χ4n) is 1.53. The van der Waals surface area contributed by atoms with Crippen LogP contribution in [0.15, 0.2) is 24.5 Å². The van der Waals surface area contributed by atoms with Crippen LogP contribution >= 0.6 is 0 Å². The summed E-state index contributed by atoms with van der Waals surface area (Å²) >= 11 is 0. The number of aryl methyl sites for hydroxylation is 1. The van der Waals surface area contributed by atoms with Gasteiger partial charge in [0.1, 0.15) is 6.29 Å². The molecule has 2 rings (SSSR count). The van der Waals surface area contributed by atoms with Gasteiger partial charge in [-0.05, 0) is 18.6 Å². The Balaban J connectivity index is 2.70. The first-order valence-corrected chi connectivity index (χ1v) is 4.18. The van der Waals surface area contributed by atoms with Gasteiger partial charge in [-0.3, -0.25) is 0 Å². The summed E-state index contributed by atoms with van der Waals surface area (Å²) in [5.74, 6) is 0. The zero-order valence-corrected chi connectivity index (χ0v) is 7.40. The first-order chi connectivity index (χ1) is 6.33. The molecule has 0 spiro atoms. The summed E-state index contributed by atoms with van der Waals surface area (Å²) in [5, 5.41) is 4.16. The van der Waals surface area contributed by atoms with Crippen molar-refractivity contribution in [3.8, 4) is 0 Å². The molecule has 0 fully saturated rings. The molecule has 0 radical (unpaired) electrons. The highest BCUT2D eigenvalue weighted by Crippen LogP contribution is 2.14. The van der Waals surface area contributed by atoms with Gasteiger partial charge >= 0.3 is 0 Å². The Kier molecular flexibility index (Phi) is 1.85. The van der Waals surface area contributed by atoms with E-state index in [-0.39, 0.29) is 0 Å². The lowest BCUT2D eigenvalue weighted by atomic mass is 10.1. The maximum Gasteiger partial charge on any atom is 0.124 e. The quantitative estimate of drug-likeness (QED) is 0.645. The van der Waals surface area contributed by atoms with Crippen LogP contribution < -0.4 is 0 Å². The molecule has 0 atom stereocenters. The van der Waals surface area contributed by atoms with Crippen LogP contribution in [-0.2, 0) is 11.2 Å². The van der Waals surface area contributed by atoms with E-state index in [2.05, 4.69) is 5.10 Å². The van der Waals surface area contributed by atoms with Gasteiger partial charge in [0.25, 0.3) is 0 Å². The smallest absolute Gasteiger partial charge is 0.124 e. The van der Waals surface area contributed by atoms with Crippen LogP contribution in [0, 0.1) is 6.92 Å². The number of hydrogen-bond acceptors (Lipinski definition) is 2. The minimum atomic E-state index is 0.439. The van der Waals surface area contributed by atoms with Crippen molar-refractivity contribution in [3.05, 3.63) is 35.7 Å². The minimum Gasteiger partial charge on any atom is -0.303 e. The summed E-state index contributed by atoms with van der Waals surface area (Å²) in [5.41, 5.74) is 3.19. The summed E-state index contributed by atoms with van der Waals surface area (Å²) in [6.07, 6.45) is 4.98. The molecule has 13 heavy (non-hydrogen) atoms. The molecule has 0 aromatic carbocycles. The van der Waals surface area contributed by atoms with E-state index < -0.39 is 0 Å². The predicted molar refractivity (Wildman–Crippen MR) is 49.7 cm³/mol. The molecular weight excluding hydrogens is 164 g/mol. The third-order valence-corrected chi connectivity index (χ3v) is 2.12. The maximum absolute atomic E-state index is 10.4. The number of hydrogen-bond donors (Lipinski definition) is 0. The van der Waals surface area contributed by atoms with Gasteiger partial charge < -0.3 is 4.79 Å². The molecule has 0 aliphatic heterocycles. The molecule has 66 valence electrons. The van der Waals surface area contributed by atoms with Gasteiger partial charge in [-0.25, -0.2) is 4.52 Å². The van der Waals surface area contributed by atoms with Crippen molar-refractivity contribution in [1.82, 2.24) is 9.61 Å². The monoisotopic (exact) mass is 174 g/mol. The fraction of sp³-hybridized carbons (Fsp3) is 0.200. The zero-order chi connectivity index (χ0) is 9.26. The van der Waals surface area contributed by atoms with Gasteiger partial charge in [0.15, 0.2) is 0 Å². The largest absolute Gasteiger partial charge is 0.303 e. The predicted octanol–water partition coefficient (Wildman–Crippen LogP) is 1.38. The van der Waals surface area contributed by atoms with Gasteiger partial charge in [-0.15, -0.1) is 0 Å². The number of fused-ring (bicyclic) bond motifs is 1. The number of aldehydes is 1. The van der Waals surface area contributed by atoms with E-state index in [1.807, 2.05) is 25.3 Å². The molecular formula is C10H10N2O. The van der Waals surface area contributed by atoms with Crippen molar-refractivity contribution in [1.29, 1.82) is 0 Å². The molecule has 0 amide bonds. The molecule has 0 unspecified atom stereocenters. The second-order valence-corrected chi connectivity index (χ2v) is 3.02. The van der Waals surface area contributed by atoms with Gasteiger partial charge in [0, 0.05) is 18.2 Å². The molecule has 2 aromatic rings. The number of pyridine rings is 1. The van der Waals surface area contributed by atoms with Crippen LogP contribution in [0.1, 0.15) is 11.1 Å². The first kappa shape index (κ1) is 7.98. The lowest BCUT2D eigenvalue weighted by Crippen LogP contribution is -1.90. The Morgan fingerprint density at radius 2 is 2.46 bits per heavy atom. The van der Waals surface area contributed by atoms with Gasteiger partial charge in [0.05, 0.1) is 11.7 Å². The highest BCUT2D eigenvalue weighted by atomic mass is 16.1. The van der Waals surface area contributed by atoms with Crippen LogP contribution in [0.4, 0.5) is 0 Å². The number of aromatic nitrogens is 2. The average molecular weight is 174 g/mol. The maximum atomic E-state index is 10.4. The Morgan fingerprint density at radius 3 is 3.23 bits per heavy atom. The molecule has 3 nitrogen and oxygen atoms in total. The highest BCUT2D eigenvalue weighted by Gasteiger charge is 2.04. The third-order valence-electron chi connectivity index (χ3n) is 2.12. The molecule has 0 saturated heterocycles. The van der Waals surface area contributed by atoms with Crippen LogP contribution in [0.25, 0.3) is 5.52 Å². The summed E-state index contributed by atoms with van der Waals surface area (Å²) < 4.78 is 1.80. The fourth-order valence-corrected chi connectivity index (χ4v) is 1.53. The van der Waals surface area contributed by atoms with E-state index in [9.17, 15) is 4.79 Å². The van der Waals surface area contributed by atoms with Crippen LogP contribution in [0.2, 0.25) is 0 Å². The summed E-state index contributed by atoms with van der Waals surface area (Å²) in [6.45, 7) is 2.02. The normalized spacial score (nSPS) is 10.5. The van der Waals surface area contributed by atoms with Crippen molar-refractivity contribution in [2.24, 2.45) is 0 Å². The SMILES string of the molecule is Cc1cccn2ncc(CC=O)c12. The van der Waals surface area contributed by atoms with Gasteiger partial charge in [0.2, 0.25) is 0 Å². The standard InChI is InChI=1S/C10H10N2O/c1-8-3-2-5-12-10(8)9(4-6-13)7-11-12/h2-3,5-7H,4H2,1H3. The van der Waals surface area contributed by atoms with Crippen molar-refractivity contribution in [3.63, 3.8) is 0 Å². The van der Waals surface area contributed by atoms with Crippen molar-refractivity contribution in [2.45, 2.75) is 13.3 Å². The Hall–Kier alpha value is -1.64. The van der Waals surface area contributed by atoms with E-state index in [1.54, 1.807) is 10.7 Å². The molecule has 2 heterocycles. The molecule has 0 bridgehead atoms. The van der Waals surface area contributed by atoms with Crippen molar-refractivity contribution < 1.29 is 4.79 Å². The molecule has 0 aliphatic carbocycles. The minimum absolute atomic E-state index is 0.439. The average Bonchev–Trinajstić information content (AvgIpc) is 2.51. The molecule has 3 heteroatoms. The third kappa shape index (κ3) is 1.22. The van der Waals surface area contributed by atoms with E-state index in [0.717, 1.165) is 22.9 Å². The number of carbonyl (C=O) groups excluding carboxylic acids is 1. The van der Waals surface area contributed by atoms with E-state index in [4.69, 9.17) is 0 Å². The molecule has 0 aliphatic rings. The van der Waals surface area contributed by atoms with Crippen LogP contribution in [-0.4, -0.2) is 15.9 Å². The second-order valence-electron chi connectivity index (χ2n) is 3.02. The topological polar surface area (TPSA) is 34.4 Å². The Bertz CT molecular complexity index is 445. The van der Waals surface area contributed by atoms with E-state index in [1.165, 1.54) is 0 Å². The Morgan fingerprint density at radius 1 is 1.62 bits per heavy atom. The van der Waals surface area contributed by atoms with Crippen LogP contribution in [0.5, 0.6) is 0 Å². The first-order valence-electron chi connectivity index (χ1n) is 4.18. The zero-order valence-electron chi connectivity index (χ0n) is 7.40. The summed E-state index contributed by atoms with van der Waals surface area (Å²) in [7, 11) is 0. The lowest BCUT2D eigenvalue weighted by Gasteiger charge is -1.98. The molecule has 0 saturated carbocycles. The second kappa shape index (κ2) is 3.01. The van der Waals surface area contributed by atoms with Gasteiger partial charge in [-0.1, -0.05) is 6.07 Å². The number of rotatable bonds is 2. The number of carbonyl (C=O) groups is 1. The summed E-state index contributed by atoms with van der Waals surface area (Å²) in [6, 6.07) is 3.96. The van der Waals surface area contributed by atoms with Crippen molar-refractivity contribution >= 4 is 11.8 Å². The summed E-state index contributed by atoms with van der Waals surface area (Å²) in [4.78, 5) is 10.4. The molecule has 0 N–H and O–H groups in total. The van der Waals surface area contributed by atoms with E-state index >= 15 is 0 Å². The van der Waals surface area contributed by atoms with E-state index in [0.29, 0.717) is 6.42 Å². The number of nitrogens with zero attached hydrogens (tertiary/aromatic N) is 2. The lowest BCUT2D eigenvalue weighted by molar-refractivity contribution is -0.107. The highest BCUT2D eigenvalue weighted by molar-refractivity contribution is 5.67. The Labute approximate surface area is 76.0 Å².